The molecule has 1 aromatic carbocycles. The number of primary amides is 1. The van der Waals surface area contributed by atoms with Gasteiger partial charge in [0.1, 0.15) is 23.7 Å². The molecule has 10 nitrogen and oxygen atoms in total. The molecule has 1 amide bonds. The molecule has 7 atom stereocenters. The Labute approximate surface area is 188 Å². The van der Waals surface area contributed by atoms with Gasteiger partial charge in [0.05, 0.1) is 11.7 Å². The first-order valence-corrected chi connectivity index (χ1v) is 10.3. The van der Waals surface area contributed by atoms with Crippen molar-refractivity contribution < 1.29 is 39.6 Å². The average Bonchev–Trinajstić information content (AvgIpc) is 2.73. The highest BCUT2D eigenvalue weighted by molar-refractivity contribution is 6.19. The summed E-state index contributed by atoms with van der Waals surface area (Å²) in [7, 11) is 3.02. The van der Waals surface area contributed by atoms with Gasteiger partial charge in [0.2, 0.25) is 5.91 Å². The molecule has 1 aromatic rings. The second-order valence-corrected chi connectivity index (χ2v) is 8.99. The maximum atomic E-state index is 13.4. The molecule has 10 heteroatoms. The number of hydrogen-bond acceptors (Lipinski definition) is 9. The third-order valence-electron chi connectivity index (χ3n) is 7.22. The van der Waals surface area contributed by atoms with Crippen molar-refractivity contribution in [1.29, 1.82) is 0 Å². The Balaban J connectivity index is 2.08. The molecular formula is C23H24N2O8. The van der Waals surface area contributed by atoms with Crippen LogP contribution < -0.4 is 5.73 Å². The second-order valence-electron chi connectivity index (χ2n) is 8.99. The summed E-state index contributed by atoms with van der Waals surface area (Å²) >= 11 is 0. The number of nitrogens with zero attached hydrogens (tertiary/aromatic N) is 1. The quantitative estimate of drug-likeness (QED) is 0.287. The number of fused-ring (bicyclic) bond motifs is 3. The first kappa shape index (κ1) is 22.8. The lowest BCUT2D eigenvalue weighted by Gasteiger charge is -2.56. The molecule has 0 aliphatic heterocycles. The van der Waals surface area contributed by atoms with Crippen molar-refractivity contribution >= 4 is 29.3 Å². The van der Waals surface area contributed by atoms with E-state index in [2.05, 4.69) is 6.58 Å². The van der Waals surface area contributed by atoms with Crippen molar-refractivity contribution in [2.24, 2.45) is 29.4 Å². The van der Waals surface area contributed by atoms with Crippen LogP contribution in [0.25, 0.3) is 5.57 Å². The van der Waals surface area contributed by atoms with Crippen LogP contribution in [-0.2, 0) is 14.4 Å². The Hall–Kier alpha value is -3.34. The summed E-state index contributed by atoms with van der Waals surface area (Å²) in [6.45, 7) is 3.98. The molecule has 0 aromatic heterocycles. The molecule has 6 N–H and O–H groups in total. The van der Waals surface area contributed by atoms with Crippen LogP contribution in [-0.4, -0.2) is 80.9 Å². The molecule has 3 aliphatic carbocycles. The number of ketones is 2. The van der Waals surface area contributed by atoms with Gasteiger partial charge in [-0.15, -0.1) is 0 Å². The number of allylic oxidation sites excluding steroid dienone is 2. The van der Waals surface area contributed by atoms with Gasteiger partial charge in [-0.1, -0.05) is 18.7 Å². The molecule has 1 saturated carbocycles. The summed E-state index contributed by atoms with van der Waals surface area (Å²) in [6.07, 6.45) is -1.24. The number of hydrogen-bond donors (Lipinski definition) is 5. The van der Waals surface area contributed by atoms with Crippen LogP contribution in [0.4, 0.5) is 0 Å². The van der Waals surface area contributed by atoms with Gasteiger partial charge in [0.15, 0.2) is 17.2 Å². The number of benzene rings is 1. The van der Waals surface area contributed by atoms with Crippen LogP contribution in [0.2, 0.25) is 0 Å². The number of carbonyl (C=O) groups is 4. The Bertz CT molecular complexity index is 1160. The number of rotatable bonds is 3. The van der Waals surface area contributed by atoms with Gasteiger partial charge in [-0.2, -0.15) is 0 Å². The smallest absolute Gasteiger partial charge is 0.230 e. The van der Waals surface area contributed by atoms with Crippen molar-refractivity contribution in [3.05, 3.63) is 47.2 Å². The minimum atomic E-state index is -2.86. The molecular weight excluding hydrogens is 432 g/mol. The van der Waals surface area contributed by atoms with Crippen molar-refractivity contribution in [2.75, 3.05) is 14.1 Å². The van der Waals surface area contributed by atoms with Crippen molar-refractivity contribution in [1.82, 2.24) is 4.90 Å². The summed E-state index contributed by atoms with van der Waals surface area (Å²) in [6, 6.07) is 3.11. The number of phenols is 1. The minimum Gasteiger partial charge on any atom is -0.508 e. The molecule has 3 aliphatic rings. The summed E-state index contributed by atoms with van der Waals surface area (Å²) in [5.74, 6) is -10.6. The third kappa shape index (κ3) is 2.71. The fourth-order valence-corrected chi connectivity index (χ4v) is 5.84. The molecule has 0 heterocycles. The summed E-state index contributed by atoms with van der Waals surface area (Å²) < 4.78 is 0. The normalized spacial score (nSPS) is 35.7. The lowest BCUT2D eigenvalue weighted by atomic mass is 9.51. The van der Waals surface area contributed by atoms with E-state index >= 15 is 0 Å². The number of nitrogens with two attached hydrogens (primary N) is 1. The molecule has 1 fully saturated rings. The van der Waals surface area contributed by atoms with Crippen LogP contribution in [0.1, 0.15) is 15.9 Å². The van der Waals surface area contributed by atoms with Crippen molar-refractivity contribution in [3.63, 3.8) is 0 Å². The van der Waals surface area contributed by atoms with E-state index in [1.807, 2.05) is 0 Å². The molecule has 4 rings (SSSR count). The van der Waals surface area contributed by atoms with Crippen molar-refractivity contribution in [3.8, 4) is 5.75 Å². The zero-order chi connectivity index (χ0) is 24.6. The van der Waals surface area contributed by atoms with Gasteiger partial charge in [-0.25, -0.2) is 0 Å². The number of carbonyl (C=O) groups excluding carboxylic acids is 4. The van der Waals surface area contributed by atoms with E-state index in [1.54, 1.807) is 0 Å². The topological polar surface area (TPSA) is 178 Å². The predicted octanol–water partition coefficient (Wildman–Crippen LogP) is -0.819. The summed E-state index contributed by atoms with van der Waals surface area (Å²) in [5.41, 5.74) is 2.31. The largest absolute Gasteiger partial charge is 0.508 e. The SMILES string of the molecule is C=C1c2cccc(O)c2C(=O)C2=C(O)[C@]3(O)C(=O)C(C(N)=O)C(O)[C@@H](N(C)C)[C@@H]3[C@@H](C=O)[C@H]12. The van der Waals surface area contributed by atoms with E-state index < -0.39 is 76.0 Å². The molecule has 33 heavy (non-hydrogen) atoms. The van der Waals surface area contributed by atoms with Gasteiger partial charge < -0.3 is 35.9 Å². The van der Waals surface area contributed by atoms with E-state index in [4.69, 9.17) is 5.73 Å². The molecule has 0 spiro atoms. The maximum absolute atomic E-state index is 13.4. The highest BCUT2D eigenvalue weighted by atomic mass is 16.4. The summed E-state index contributed by atoms with van der Waals surface area (Å²) in [4.78, 5) is 52.6. The molecule has 0 bridgehead atoms. The van der Waals surface area contributed by atoms with E-state index in [9.17, 15) is 39.6 Å². The Kier molecular flexibility index (Phi) is 5.08. The monoisotopic (exact) mass is 456 g/mol. The zero-order valence-corrected chi connectivity index (χ0v) is 17.9. The van der Waals surface area contributed by atoms with Gasteiger partial charge in [0, 0.05) is 29.4 Å². The number of aliphatic hydroxyl groups is 3. The van der Waals surface area contributed by atoms with Crippen LogP contribution in [0.15, 0.2) is 36.1 Å². The Morgan fingerprint density at radius 1 is 1.24 bits per heavy atom. The zero-order valence-electron chi connectivity index (χ0n) is 17.9. The summed E-state index contributed by atoms with van der Waals surface area (Å²) in [5, 5.41) is 44.1. The highest BCUT2D eigenvalue weighted by Gasteiger charge is 2.69. The van der Waals surface area contributed by atoms with Crippen LogP contribution in [0.5, 0.6) is 5.75 Å². The molecule has 0 saturated heterocycles. The number of likely N-dealkylation sites (N-methyl/N-ethyl adjacent to an activating group) is 1. The fourth-order valence-electron chi connectivity index (χ4n) is 5.84. The number of amides is 1. The number of phenolic OH excluding ortho intramolecular Hbond substituents is 1. The minimum absolute atomic E-state index is 0.189. The standard InChI is InChI=1S/C23H24N2O8/c1-8-9-5-4-6-11(27)13(9)18(28)14-12(8)10(7-26)16-17(25(2)3)19(29)15(22(24)32)21(31)23(16,33)20(14)30/h4-7,10,12,15-17,19,27,29-30,33H,1H2,2-3H3,(H2,24,32)/t10-,12-,15?,16-,17-,19?,23-/m0/s1. The fraction of sp³-hybridized carbons (Fsp3) is 0.391. The average molecular weight is 456 g/mol. The first-order chi connectivity index (χ1) is 15.4. The lowest BCUT2D eigenvalue weighted by molar-refractivity contribution is -0.183. The lowest BCUT2D eigenvalue weighted by Crippen LogP contribution is -2.73. The maximum Gasteiger partial charge on any atom is 0.230 e. The van der Waals surface area contributed by atoms with Gasteiger partial charge in [-0.3, -0.25) is 14.4 Å². The second kappa shape index (κ2) is 7.34. The number of aliphatic hydroxyl groups excluding tert-OH is 2. The number of aldehydes is 1. The van der Waals surface area contributed by atoms with Gasteiger partial charge >= 0.3 is 0 Å². The van der Waals surface area contributed by atoms with E-state index in [1.165, 1.54) is 37.2 Å². The van der Waals surface area contributed by atoms with Crippen molar-refractivity contribution in [2.45, 2.75) is 17.7 Å². The van der Waals surface area contributed by atoms with E-state index in [0.29, 0.717) is 6.29 Å². The van der Waals surface area contributed by atoms with E-state index in [0.717, 1.165) is 0 Å². The Morgan fingerprint density at radius 2 is 1.88 bits per heavy atom. The Morgan fingerprint density at radius 3 is 2.42 bits per heavy atom. The van der Waals surface area contributed by atoms with Crippen LogP contribution >= 0.6 is 0 Å². The van der Waals surface area contributed by atoms with Gasteiger partial charge in [0.25, 0.3) is 0 Å². The predicted molar refractivity (Wildman–Crippen MR) is 114 cm³/mol. The molecule has 2 unspecified atom stereocenters. The van der Waals surface area contributed by atoms with Gasteiger partial charge in [-0.05, 0) is 31.3 Å². The highest BCUT2D eigenvalue weighted by Crippen LogP contribution is 2.57. The molecule has 0 radical (unpaired) electrons. The van der Waals surface area contributed by atoms with Crippen LogP contribution in [0, 0.1) is 23.7 Å². The third-order valence-corrected chi connectivity index (χ3v) is 7.22. The first-order valence-electron chi connectivity index (χ1n) is 10.3. The van der Waals surface area contributed by atoms with E-state index in [-0.39, 0.29) is 16.7 Å². The number of Topliss-reactive ketones (excluding diaryl/α,β-unsaturated/α-hetero) is 2. The molecule has 174 valence electrons. The number of aromatic hydroxyl groups is 1. The van der Waals surface area contributed by atoms with Crippen LogP contribution in [0.3, 0.4) is 0 Å².